The van der Waals surface area contributed by atoms with Crippen LogP contribution >= 0.6 is 0 Å². The maximum Gasteiger partial charge on any atom is 0.275 e. The molecule has 7 rings (SSSR count). The van der Waals surface area contributed by atoms with Crippen LogP contribution in [-0.4, -0.2) is 21.7 Å². The average molecular weight is 470 g/mol. The van der Waals surface area contributed by atoms with Gasteiger partial charge in [-0.2, -0.15) is 5.10 Å². The molecule has 0 radical (unpaired) electrons. The summed E-state index contributed by atoms with van der Waals surface area (Å²) in [6, 6.07) is 14.0. The normalized spacial score (nSPS) is 27.8. The zero-order valence-electron chi connectivity index (χ0n) is 21.0. The van der Waals surface area contributed by atoms with Crippen molar-refractivity contribution >= 4 is 16.7 Å². The molecule has 5 nitrogen and oxygen atoms in total. The van der Waals surface area contributed by atoms with Gasteiger partial charge in [-0.25, -0.2) is 4.68 Å². The summed E-state index contributed by atoms with van der Waals surface area (Å²) in [6.07, 6.45) is 7.88. The van der Waals surface area contributed by atoms with E-state index in [0.29, 0.717) is 5.39 Å². The van der Waals surface area contributed by atoms with Crippen LogP contribution in [0.15, 0.2) is 47.3 Å². The minimum Gasteiger partial charge on any atom is -0.351 e. The van der Waals surface area contributed by atoms with Crippen molar-refractivity contribution in [3.8, 4) is 11.3 Å². The number of nitrogens with one attached hydrogen (secondary N) is 1. The second-order valence-electron chi connectivity index (χ2n) is 11.7. The molecule has 1 atom stereocenters. The molecule has 4 fully saturated rings. The van der Waals surface area contributed by atoms with E-state index in [2.05, 4.69) is 44.3 Å². The van der Waals surface area contributed by atoms with E-state index in [0.717, 1.165) is 45.5 Å². The van der Waals surface area contributed by atoms with Gasteiger partial charge in [-0.15, -0.1) is 0 Å². The van der Waals surface area contributed by atoms with Crippen LogP contribution in [0, 0.1) is 37.0 Å². The average Bonchev–Trinajstić information content (AvgIpc) is 2.82. The van der Waals surface area contributed by atoms with Crippen LogP contribution in [0.4, 0.5) is 0 Å². The van der Waals surface area contributed by atoms with Crippen LogP contribution < -0.4 is 10.9 Å². The summed E-state index contributed by atoms with van der Waals surface area (Å²) >= 11 is 0. The summed E-state index contributed by atoms with van der Waals surface area (Å²) < 4.78 is 1.36. The van der Waals surface area contributed by atoms with E-state index < -0.39 is 0 Å². The number of nitrogens with zero attached hydrogens (tertiary/aromatic N) is 2. The van der Waals surface area contributed by atoms with Crippen molar-refractivity contribution in [2.24, 2.45) is 23.2 Å². The quantitative estimate of drug-likeness (QED) is 0.544. The Bertz CT molecular complexity index is 1340. The summed E-state index contributed by atoms with van der Waals surface area (Å²) in [5, 5.41) is 9.48. The lowest BCUT2D eigenvalue weighted by molar-refractivity contribution is -0.126. The van der Waals surface area contributed by atoms with Gasteiger partial charge in [-0.1, -0.05) is 35.9 Å². The predicted molar refractivity (Wildman–Crippen MR) is 139 cm³/mol. The van der Waals surface area contributed by atoms with E-state index in [1.807, 2.05) is 24.3 Å². The molecule has 4 saturated carbocycles. The highest BCUT2D eigenvalue weighted by Crippen LogP contribution is 2.61. The van der Waals surface area contributed by atoms with E-state index in [1.165, 1.54) is 43.2 Å². The Morgan fingerprint density at radius 1 is 1.03 bits per heavy atom. The number of hydrogen-bond acceptors (Lipinski definition) is 3. The van der Waals surface area contributed by atoms with E-state index in [-0.39, 0.29) is 29.5 Å². The topological polar surface area (TPSA) is 64.0 Å². The summed E-state index contributed by atoms with van der Waals surface area (Å²) in [5.41, 5.74) is 4.00. The van der Waals surface area contributed by atoms with Gasteiger partial charge in [0.1, 0.15) is 6.54 Å². The number of amides is 1. The van der Waals surface area contributed by atoms with Crippen LogP contribution in [0.2, 0.25) is 0 Å². The van der Waals surface area contributed by atoms with Gasteiger partial charge in [0.25, 0.3) is 5.56 Å². The molecule has 1 amide bonds. The third kappa shape index (κ3) is 3.89. The molecule has 2 aromatic carbocycles. The maximum atomic E-state index is 13.3. The predicted octanol–water partition coefficient (Wildman–Crippen LogP) is 5.40. The SMILES string of the molecule is Cc1ccc(C)c(-c2nn(CC(=O)N[C@H](C)C34CC5CC(CC(C5)C3)C4)c(=O)c3ccccc23)c1. The lowest BCUT2D eigenvalue weighted by atomic mass is 9.48. The van der Waals surface area contributed by atoms with Gasteiger partial charge in [-0.05, 0) is 100 Å². The molecule has 0 spiro atoms. The zero-order valence-corrected chi connectivity index (χ0v) is 21.0. The minimum atomic E-state index is -0.215. The number of carbonyl (C=O) groups excluding carboxylic acids is 1. The van der Waals surface area contributed by atoms with E-state index in [1.54, 1.807) is 0 Å². The molecular formula is C30H35N3O2. The van der Waals surface area contributed by atoms with Crippen molar-refractivity contribution in [1.29, 1.82) is 0 Å². The molecule has 4 aliphatic carbocycles. The summed E-state index contributed by atoms with van der Waals surface area (Å²) in [4.78, 5) is 26.6. The van der Waals surface area contributed by atoms with E-state index >= 15 is 0 Å². The third-order valence-electron chi connectivity index (χ3n) is 9.19. The summed E-state index contributed by atoms with van der Waals surface area (Å²) in [5.74, 6) is 2.39. The zero-order chi connectivity index (χ0) is 24.3. The molecule has 0 unspecified atom stereocenters. The lowest BCUT2D eigenvalue weighted by Gasteiger charge is -2.59. The van der Waals surface area contributed by atoms with Gasteiger partial charge >= 0.3 is 0 Å². The number of aryl methyl sites for hydroxylation is 2. The molecule has 182 valence electrons. The lowest BCUT2D eigenvalue weighted by Crippen LogP contribution is -2.56. The molecule has 5 heteroatoms. The van der Waals surface area contributed by atoms with Gasteiger partial charge in [-0.3, -0.25) is 9.59 Å². The Kier molecular flexibility index (Phi) is 5.35. The van der Waals surface area contributed by atoms with Gasteiger partial charge in [0.15, 0.2) is 0 Å². The first-order valence-electron chi connectivity index (χ1n) is 13.2. The Labute approximate surface area is 206 Å². The van der Waals surface area contributed by atoms with Gasteiger partial charge in [0, 0.05) is 17.0 Å². The molecule has 3 aromatic rings. The maximum absolute atomic E-state index is 13.3. The van der Waals surface area contributed by atoms with Crippen LogP contribution in [0.5, 0.6) is 0 Å². The van der Waals surface area contributed by atoms with Gasteiger partial charge < -0.3 is 5.32 Å². The number of benzene rings is 2. The molecule has 1 heterocycles. The fraction of sp³-hybridized carbons (Fsp3) is 0.500. The first-order chi connectivity index (χ1) is 16.8. The fourth-order valence-corrected chi connectivity index (χ4v) is 7.82. The number of carbonyl (C=O) groups is 1. The van der Waals surface area contributed by atoms with Crippen LogP contribution in [0.25, 0.3) is 22.0 Å². The van der Waals surface area contributed by atoms with Crippen molar-refractivity contribution in [2.75, 3.05) is 0 Å². The molecule has 0 saturated heterocycles. The highest BCUT2D eigenvalue weighted by molar-refractivity contribution is 5.94. The van der Waals surface area contributed by atoms with Crippen LogP contribution in [0.1, 0.15) is 56.6 Å². The number of rotatable bonds is 5. The first-order valence-corrected chi connectivity index (χ1v) is 13.2. The Morgan fingerprint density at radius 3 is 2.31 bits per heavy atom. The Morgan fingerprint density at radius 2 is 1.66 bits per heavy atom. The first kappa shape index (κ1) is 22.5. The highest BCUT2D eigenvalue weighted by Gasteiger charge is 2.53. The summed E-state index contributed by atoms with van der Waals surface area (Å²) in [6.45, 7) is 6.24. The van der Waals surface area contributed by atoms with Crippen molar-refractivity contribution in [3.05, 3.63) is 63.9 Å². The smallest absolute Gasteiger partial charge is 0.275 e. The monoisotopic (exact) mass is 469 g/mol. The highest BCUT2D eigenvalue weighted by atomic mass is 16.2. The largest absolute Gasteiger partial charge is 0.351 e. The van der Waals surface area contributed by atoms with E-state index in [9.17, 15) is 9.59 Å². The second kappa shape index (κ2) is 8.32. The molecule has 1 N–H and O–H groups in total. The van der Waals surface area contributed by atoms with E-state index in [4.69, 9.17) is 5.10 Å². The number of aromatic nitrogens is 2. The minimum absolute atomic E-state index is 0.0573. The van der Waals surface area contributed by atoms with Crippen molar-refractivity contribution in [1.82, 2.24) is 15.1 Å². The number of fused-ring (bicyclic) bond motifs is 1. The van der Waals surface area contributed by atoms with Crippen LogP contribution in [0.3, 0.4) is 0 Å². The standard InChI is InChI=1S/C30H35N3O2/c1-18-8-9-19(2)26(10-18)28-24-6-4-5-7-25(24)29(35)33(32-28)17-27(34)31-20(3)30-14-21-11-22(15-30)13-23(12-21)16-30/h4-10,20-23H,11-17H2,1-3H3,(H,31,34)/t20-,21?,22?,23?,30?/m1/s1. The third-order valence-corrected chi connectivity index (χ3v) is 9.19. The van der Waals surface area contributed by atoms with Crippen molar-refractivity contribution < 1.29 is 4.79 Å². The molecule has 4 bridgehead atoms. The Balaban J connectivity index is 1.30. The molecule has 4 aliphatic rings. The Hall–Kier alpha value is -2.95. The van der Waals surface area contributed by atoms with Gasteiger partial charge in [0.05, 0.1) is 11.1 Å². The van der Waals surface area contributed by atoms with Crippen molar-refractivity contribution in [2.45, 2.75) is 71.9 Å². The van der Waals surface area contributed by atoms with Crippen molar-refractivity contribution in [3.63, 3.8) is 0 Å². The summed E-state index contributed by atoms with van der Waals surface area (Å²) in [7, 11) is 0. The van der Waals surface area contributed by atoms with Gasteiger partial charge in [0.2, 0.25) is 5.91 Å². The molecule has 35 heavy (non-hydrogen) atoms. The van der Waals surface area contributed by atoms with Crippen LogP contribution in [-0.2, 0) is 11.3 Å². The molecular weight excluding hydrogens is 434 g/mol. The molecule has 1 aromatic heterocycles. The number of hydrogen-bond donors (Lipinski definition) is 1. The fourth-order valence-electron chi connectivity index (χ4n) is 7.82. The second-order valence-corrected chi connectivity index (χ2v) is 11.7. The molecule has 0 aliphatic heterocycles.